The molecule has 5 nitrogen and oxygen atoms in total. The molecular weight excluding hydrogens is 364 g/mol. The maximum atomic E-state index is 12.9. The Kier molecular flexibility index (Phi) is 6.07. The molecule has 1 saturated heterocycles. The summed E-state index contributed by atoms with van der Waals surface area (Å²) in [5.41, 5.74) is 5.01. The first-order chi connectivity index (χ1) is 13.9. The summed E-state index contributed by atoms with van der Waals surface area (Å²) in [5.74, 6) is -1.54. The third-order valence-electron chi connectivity index (χ3n) is 5.14. The molecule has 1 atom stereocenters. The van der Waals surface area contributed by atoms with Crippen LogP contribution < -0.4 is 4.90 Å². The molecule has 5 heteroatoms. The van der Waals surface area contributed by atoms with Crippen LogP contribution in [0.25, 0.3) is 5.57 Å². The number of anilines is 1. The number of pyridine rings is 1. The highest BCUT2D eigenvalue weighted by Crippen LogP contribution is 2.29. The van der Waals surface area contributed by atoms with E-state index < -0.39 is 11.9 Å². The minimum absolute atomic E-state index is 0.0820. The maximum Gasteiger partial charge on any atom is 0.310 e. The Balaban J connectivity index is 1.72. The van der Waals surface area contributed by atoms with Gasteiger partial charge in [-0.3, -0.25) is 14.6 Å². The van der Waals surface area contributed by atoms with Gasteiger partial charge in [-0.05, 0) is 60.7 Å². The predicted octanol–water partition coefficient (Wildman–Crippen LogP) is 4.59. The Morgan fingerprint density at radius 1 is 1.31 bits per heavy atom. The van der Waals surface area contributed by atoms with Gasteiger partial charge in [0.2, 0.25) is 0 Å². The molecule has 1 fully saturated rings. The highest BCUT2D eigenvalue weighted by atomic mass is 16.4. The van der Waals surface area contributed by atoms with E-state index in [9.17, 15) is 9.59 Å². The van der Waals surface area contributed by atoms with E-state index in [2.05, 4.69) is 17.6 Å². The van der Waals surface area contributed by atoms with E-state index in [1.54, 1.807) is 42.3 Å². The van der Waals surface area contributed by atoms with Crippen LogP contribution in [-0.2, 0) is 9.59 Å². The van der Waals surface area contributed by atoms with Crippen molar-refractivity contribution in [3.63, 3.8) is 0 Å². The molecule has 1 aromatic carbocycles. The molecule has 0 spiro atoms. The molecule has 0 radical (unpaired) electrons. The quantitative estimate of drug-likeness (QED) is 0.735. The van der Waals surface area contributed by atoms with Gasteiger partial charge >= 0.3 is 5.97 Å². The van der Waals surface area contributed by atoms with E-state index in [4.69, 9.17) is 5.11 Å². The van der Waals surface area contributed by atoms with Crippen molar-refractivity contribution in [2.24, 2.45) is 0 Å². The van der Waals surface area contributed by atoms with Crippen molar-refractivity contribution >= 4 is 23.1 Å². The van der Waals surface area contributed by atoms with E-state index in [1.807, 2.05) is 31.3 Å². The summed E-state index contributed by atoms with van der Waals surface area (Å²) >= 11 is 0. The zero-order chi connectivity index (χ0) is 21.0. The second-order valence-corrected chi connectivity index (χ2v) is 7.13. The van der Waals surface area contributed by atoms with Crippen LogP contribution in [0.2, 0.25) is 0 Å². The monoisotopic (exact) mass is 388 g/mol. The van der Waals surface area contributed by atoms with Crippen LogP contribution in [0.4, 0.5) is 5.69 Å². The second-order valence-electron chi connectivity index (χ2n) is 7.13. The van der Waals surface area contributed by atoms with Crippen LogP contribution in [0.5, 0.6) is 0 Å². The first-order valence-corrected chi connectivity index (χ1v) is 9.48. The fourth-order valence-electron chi connectivity index (χ4n) is 3.24. The van der Waals surface area contributed by atoms with Crippen molar-refractivity contribution in [2.75, 3.05) is 11.4 Å². The number of carbonyl (C=O) groups excluding carboxylic acids is 1. The number of benzene rings is 1. The minimum atomic E-state index is -0.872. The minimum Gasteiger partial charge on any atom is -0.481 e. The Morgan fingerprint density at radius 2 is 2.03 bits per heavy atom. The van der Waals surface area contributed by atoms with Gasteiger partial charge in [0.15, 0.2) is 0 Å². The number of allylic oxidation sites excluding steroid dienone is 3. The highest BCUT2D eigenvalue weighted by Gasteiger charge is 2.30. The molecule has 2 heterocycles. The molecule has 1 aliphatic rings. The predicted molar refractivity (Wildman–Crippen MR) is 115 cm³/mol. The molecule has 0 saturated carbocycles. The number of aliphatic carboxylic acids is 1. The number of carboxylic acid groups (broad SMARTS) is 1. The van der Waals surface area contributed by atoms with Crippen molar-refractivity contribution < 1.29 is 14.7 Å². The Labute approximate surface area is 170 Å². The number of carbonyl (C=O) groups is 2. The molecule has 2 aromatic rings. The van der Waals surface area contributed by atoms with Crippen LogP contribution in [0.3, 0.4) is 0 Å². The summed E-state index contributed by atoms with van der Waals surface area (Å²) in [6, 6.07) is 11.0. The standard InChI is InChI=1S/C24H24N2O3/c1-16(20-7-5-13-25-14-20)6-4-8-22-17(2)15-26(23(22)27)21-11-9-19(10-12-21)18(3)24(28)29/h5-14,18H,2,4,15H2,1,3H3,(H,28,29)/b16-6+,22-8?. The lowest BCUT2D eigenvalue weighted by Gasteiger charge is -2.16. The summed E-state index contributed by atoms with van der Waals surface area (Å²) in [5, 5.41) is 9.13. The molecule has 1 amide bonds. The molecule has 1 aromatic heterocycles. The average Bonchev–Trinajstić information content (AvgIpc) is 3.02. The first kappa shape index (κ1) is 20.3. The molecule has 148 valence electrons. The van der Waals surface area contributed by atoms with Crippen molar-refractivity contribution in [2.45, 2.75) is 26.2 Å². The van der Waals surface area contributed by atoms with Crippen LogP contribution in [0.1, 0.15) is 37.3 Å². The second kappa shape index (κ2) is 8.69. The summed E-state index contributed by atoms with van der Waals surface area (Å²) < 4.78 is 0. The molecule has 1 aliphatic heterocycles. The van der Waals surface area contributed by atoms with Gasteiger partial charge < -0.3 is 10.0 Å². The lowest BCUT2D eigenvalue weighted by molar-refractivity contribution is -0.138. The van der Waals surface area contributed by atoms with Gasteiger partial charge in [-0.2, -0.15) is 0 Å². The highest BCUT2D eigenvalue weighted by molar-refractivity contribution is 6.12. The Morgan fingerprint density at radius 3 is 2.66 bits per heavy atom. The van der Waals surface area contributed by atoms with E-state index in [0.29, 0.717) is 24.1 Å². The first-order valence-electron chi connectivity index (χ1n) is 9.48. The van der Waals surface area contributed by atoms with Gasteiger partial charge in [0.05, 0.1) is 12.5 Å². The number of rotatable bonds is 6. The molecule has 1 unspecified atom stereocenters. The van der Waals surface area contributed by atoms with Gasteiger partial charge in [-0.1, -0.05) is 36.9 Å². The zero-order valence-corrected chi connectivity index (χ0v) is 16.6. The number of aromatic nitrogens is 1. The third kappa shape index (κ3) is 4.51. The van der Waals surface area contributed by atoms with Crippen molar-refractivity contribution in [3.8, 4) is 0 Å². The summed E-state index contributed by atoms with van der Waals surface area (Å²) in [4.78, 5) is 29.8. The van der Waals surface area contributed by atoms with Gasteiger partial charge in [0.25, 0.3) is 5.91 Å². The molecule has 1 N–H and O–H groups in total. The number of amides is 1. The maximum absolute atomic E-state index is 12.9. The topological polar surface area (TPSA) is 70.5 Å². The van der Waals surface area contributed by atoms with Crippen molar-refractivity contribution in [1.29, 1.82) is 0 Å². The molecule has 0 bridgehead atoms. The molecule has 29 heavy (non-hydrogen) atoms. The fourth-order valence-corrected chi connectivity index (χ4v) is 3.24. The van der Waals surface area contributed by atoms with Crippen LogP contribution in [-0.4, -0.2) is 28.5 Å². The fraction of sp³-hybridized carbons (Fsp3) is 0.208. The van der Waals surface area contributed by atoms with Gasteiger partial charge in [0, 0.05) is 23.7 Å². The normalized spacial score (nSPS) is 17.1. The van der Waals surface area contributed by atoms with E-state index >= 15 is 0 Å². The number of hydrogen-bond acceptors (Lipinski definition) is 3. The van der Waals surface area contributed by atoms with Crippen molar-refractivity contribution in [1.82, 2.24) is 4.98 Å². The lowest BCUT2D eigenvalue weighted by atomic mass is 10.0. The molecule has 3 rings (SSSR count). The lowest BCUT2D eigenvalue weighted by Crippen LogP contribution is -2.24. The molecule has 0 aliphatic carbocycles. The Hall–Kier alpha value is -3.47. The number of nitrogens with zero attached hydrogens (tertiary/aromatic N) is 2. The summed E-state index contributed by atoms with van der Waals surface area (Å²) in [7, 11) is 0. The zero-order valence-electron chi connectivity index (χ0n) is 16.6. The SMILES string of the molecule is C=C1CN(c2ccc(C(C)C(=O)O)cc2)C(=O)C1=CC/C=C(\C)c1cccnc1. The van der Waals surface area contributed by atoms with Crippen LogP contribution >= 0.6 is 0 Å². The van der Waals surface area contributed by atoms with Gasteiger partial charge in [-0.15, -0.1) is 0 Å². The van der Waals surface area contributed by atoms with Crippen LogP contribution in [0, 0.1) is 0 Å². The van der Waals surface area contributed by atoms with E-state index in [-0.39, 0.29) is 5.91 Å². The smallest absolute Gasteiger partial charge is 0.310 e. The number of carboxylic acids is 1. The molecular formula is C24H24N2O3. The summed E-state index contributed by atoms with van der Waals surface area (Å²) in [6.45, 7) is 8.14. The van der Waals surface area contributed by atoms with E-state index in [1.165, 1.54) is 0 Å². The van der Waals surface area contributed by atoms with Crippen LogP contribution in [0.15, 0.2) is 78.7 Å². The van der Waals surface area contributed by atoms with Gasteiger partial charge in [-0.25, -0.2) is 0 Å². The van der Waals surface area contributed by atoms with Gasteiger partial charge in [0.1, 0.15) is 0 Å². The average molecular weight is 388 g/mol. The largest absolute Gasteiger partial charge is 0.481 e. The number of hydrogen-bond donors (Lipinski definition) is 1. The summed E-state index contributed by atoms with van der Waals surface area (Å²) in [6.07, 6.45) is 8.16. The third-order valence-corrected chi connectivity index (χ3v) is 5.14. The van der Waals surface area contributed by atoms with Crippen molar-refractivity contribution in [3.05, 3.63) is 89.8 Å². The van der Waals surface area contributed by atoms with E-state index in [0.717, 1.165) is 22.4 Å². The Bertz CT molecular complexity index is 989.